The molecule has 0 aliphatic rings. The van der Waals surface area contributed by atoms with Crippen LogP contribution >= 0.6 is 15.9 Å². The van der Waals surface area contributed by atoms with Gasteiger partial charge in [0.05, 0.1) is 12.3 Å². The molecule has 0 atom stereocenters. The summed E-state index contributed by atoms with van der Waals surface area (Å²) in [4.78, 5) is 7.46. The van der Waals surface area contributed by atoms with Gasteiger partial charge in [0.25, 0.3) is 0 Å². The van der Waals surface area contributed by atoms with Crippen LogP contribution in [0.3, 0.4) is 0 Å². The Morgan fingerprint density at radius 1 is 1.29 bits per heavy atom. The van der Waals surface area contributed by atoms with E-state index >= 15 is 0 Å². The van der Waals surface area contributed by atoms with Gasteiger partial charge in [-0.2, -0.15) is 18.2 Å². The summed E-state index contributed by atoms with van der Waals surface area (Å²) in [5, 5.41) is 2.83. The number of nitrogens with one attached hydrogen (secondary N) is 1. The molecule has 112 valence electrons. The summed E-state index contributed by atoms with van der Waals surface area (Å²) in [5.74, 6) is -0.465. The molecule has 0 saturated heterocycles. The molecule has 1 N–H and O–H groups in total. The summed E-state index contributed by atoms with van der Waals surface area (Å²) < 4.78 is 44.1. The number of ether oxygens (including phenoxy) is 1. The first kappa shape index (κ1) is 15.6. The third-order valence-electron chi connectivity index (χ3n) is 2.46. The Hall–Kier alpha value is -1.83. The third kappa shape index (κ3) is 3.84. The molecule has 1 aromatic carbocycles. The van der Waals surface area contributed by atoms with E-state index in [0.29, 0.717) is 11.9 Å². The highest BCUT2D eigenvalue weighted by Crippen LogP contribution is 2.35. The molecule has 0 saturated carbocycles. The second kappa shape index (κ2) is 6.30. The Balaban J connectivity index is 2.34. The molecule has 2 aromatic rings. The Bertz CT molecular complexity index is 634. The smallest absolute Gasteiger partial charge is 0.423 e. The summed E-state index contributed by atoms with van der Waals surface area (Å²) in [6, 6.07) is 7.12. The maximum Gasteiger partial charge on any atom is 0.423 e. The van der Waals surface area contributed by atoms with Crippen molar-refractivity contribution in [3.05, 3.63) is 40.5 Å². The molecule has 0 amide bonds. The first-order chi connectivity index (χ1) is 9.91. The standard InChI is InChI=1S/C13H11BrF3N3O/c1-2-21-11-8(13(15,16)17)7-18-12(20-11)19-10-6-4-3-5-9(10)14/h3-7H,2H2,1H3,(H,18,19,20). The van der Waals surface area contributed by atoms with Gasteiger partial charge in [-0.3, -0.25) is 0 Å². The molecular formula is C13H11BrF3N3O. The fraction of sp³-hybridized carbons (Fsp3) is 0.231. The van der Waals surface area contributed by atoms with Gasteiger partial charge >= 0.3 is 6.18 Å². The number of halogens is 4. The molecule has 0 unspecified atom stereocenters. The van der Waals surface area contributed by atoms with Crippen molar-refractivity contribution in [1.82, 2.24) is 9.97 Å². The maximum absolute atomic E-state index is 12.8. The molecule has 1 aromatic heterocycles. The minimum atomic E-state index is -4.56. The number of hydrogen-bond acceptors (Lipinski definition) is 4. The predicted molar refractivity (Wildman–Crippen MR) is 75.6 cm³/mol. The van der Waals surface area contributed by atoms with Crippen LogP contribution in [0.5, 0.6) is 5.88 Å². The van der Waals surface area contributed by atoms with Gasteiger partial charge in [-0.25, -0.2) is 4.98 Å². The van der Waals surface area contributed by atoms with E-state index in [-0.39, 0.29) is 12.6 Å². The van der Waals surface area contributed by atoms with Crippen molar-refractivity contribution < 1.29 is 17.9 Å². The third-order valence-corrected chi connectivity index (χ3v) is 3.15. The van der Waals surface area contributed by atoms with Gasteiger partial charge in [0, 0.05) is 10.7 Å². The van der Waals surface area contributed by atoms with E-state index in [1.165, 1.54) is 0 Å². The monoisotopic (exact) mass is 361 g/mol. The fourth-order valence-corrected chi connectivity index (χ4v) is 1.93. The number of benzene rings is 1. The highest BCUT2D eigenvalue weighted by Gasteiger charge is 2.36. The normalized spacial score (nSPS) is 11.3. The summed E-state index contributed by atoms with van der Waals surface area (Å²) in [5.41, 5.74) is -0.360. The lowest BCUT2D eigenvalue weighted by atomic mass is 10.3. The van der Waals surface area contributed by atoms with E-state index in [2.05, 4.69) is 31.2 Å². The molecule has 0 radical (unpaired) electrons. The first-order valence-electron chi connectivity index (χ1n) is 6.00. The van der Waals surface area contributed by atoms with Crippen molar-refractivity contribution in [2.45, 2.75) is 13.1 Å². The molecule has 2 rings (SSSR count). The molecule has 0 aliphatic carbocycles. The molecule has 21 heavy (non-hydrogen) atoms. The largest absolute Gasteiger partial charge is 0.477 e. The summed E-state index contributed by atoms with van der Waals surface area (Å²) in [7, 11) is 0. The van der Waals surface area contributed by atoms with Crippen molar-refractivity contribution in [3.63, 3.8) is 0 Å². The van der Waals surface area contributed by atoms with Gasteiger partial charge in [-0.1, -0.05) is 12.1 Å². The van der Waals surface area contributed by atoms with Crippen molar-refractivity contribution in [1.29, 1.82) is 0 Å². The van der Waals surface area contributed by atoms with Gasteiger partial charge in [0.15, 0.2) is 0 Å². The second-order valence-electron chi connectivity index (χ2n) is 3.95. The minimum Gasteiger partial charge on any atom is -0.477 e. The Morgan fingerprint density at radius 2 is 2.00 bits per heavy atom. The highest BCUT2D eigenvalue weighted by molar-refractivity contribution is 9.10. The molecule has 4 nitrogen and oxygen atoms in total. The van der Waals surface area contributed by atoms with Crippen LogP contribution in [0.2, 0.25) is 0 Å². The molecule has 0 aliphatic heterocycles. The van der Waals surface area contributed by atoms with Gasteiger partial charge in [0.1, 0.15) is 5.56 Å². The van der Waals surface area contributed by atoms with E-state index in [0.717, 1.165) is 4.47 Å². The first-order valence-corrected chi connectivity index (χ1v) is 6.79. The predicted octanol–water partition coefficient (Wildman–Crippen LogP) is 4.40. The Morgan fingerprint density at radius 3 is 2.62 bits per heavy atom. The zero-order valence-electron chi connectivity index (χ0n) is 10.9. The van der Waals surface area contributed by atoms with Crippen molar-refractivity contribution in [2.24, 2.45) is 0 Å². The van der Waals surface area contributed by atoms with Crippen LogP contribution < -0.4 is 10.1 Å². The van der Waals surface area contributed by atoms with Crippen LogP contribution in [0.25, 0.3) is 0 Å². The van der Waals surface area contributed by atoms with E-state index in [1.807, 2.05) is 6.07 Å². The zero-order valence-corrected chi connectivity index (χ0v) is 12.5. The lowest BCUT2D eigenvalue weighted by molar-refractivity contribution is -0.139. The number of hydrogen-bond donors (Lipinski definition) is 1. The van der Waals surface area contributed by atoms with Gasteiger partial charge in [-0.05, 0) is 35.0 Å². The van der Waals surface area contributed by atoms with Crippen molar-refractivity contribution in [2.75, 3.05) is 11.9 Å². The molecule has 0 spiro atoms. The number of alkyl halides is 3. The van der Waals surface area contributed by atoms with Crippen LogP contribution in [0.1, 0.15) is 12.5 Å². The SMILES string of the molecule is CCOc1nc(Nc2ccccc2Br)ncc1C(F)(F)F. The average molecular weight is 362 g/mol. The average Bonchev–Trinajstić information content (AvgIpc) is 2.41. The Kier molecular flexibility index (Phi) is 4.66. The topological polar surface area (TPSA) is 47.0 Å². The zero-order chi connectivity index (χ0) is 15.5. The summed E-state index contributed by atoms with van der Waals surface area (Å²) >= 11 is 3.32. The van der Waals surface area contributed by atoms with Gasteiger partial charge in [-0.15, -0.1) is 0 Å². The molecular weight excluding hydrogens is 351 g/mol. The molecule has 0 bridgehead atoms. The number of rotatable bonds is 4. The number of aromatic nitrogens is 2. The van der Waals surface area contributed by atoms with E-state index in [9.17, 15) is 13.2 Å². The lowest BCUT2D eigenvalue weighted by Crippen LogP contribution is -2.12. The van der Waals surface area contributed by atoms with E-state index in [4.69, 9.17) is 4.74 Å². The van der Waals surface area contributed by atoms with Crippen molar-refractivity contribution in [3.8, 4) is 5.88 Å². The summed E-state index contributed by atoms with van der Waals surface area (Å²) in [6.07, 6.45) is -3.85. The summed E-state index contributed by atoms with van der Waals surface area (Å²) in [6.45, 7) is 1.66. The van der Waals surface area contributed by atoms with Crippen LogP contribution in [0, 0.1) is 0 Å². The quantitative estimate of drug-likeness (QED) is 0.876. The van der Waals surface area contributed by atoms with Crippen LogP contribution in [0.15, 0.2) is 34.9 Å². The van der Waals surface area contributed by atoms with Gasteiger partial charge in [0.2, 0.25) is 11.8 Å². The van der Waals surface area contributed by atoms with Crippen LogP contribution in [0.4, 0.5) is 24.8 Å². The molecule has 8 heteroatoms. The van der Waals surface area contributed by atoms with E-state index < -0.39 is 17.6 Å². The number of para-hydroxylation sites is 1. The van der Waals surface area contributed by atoms with E-state index in [1.54, 1.807) is 25.1 Å². The number of nitrogens with zero attached hydrogens (tertiary/aromatic N) is 2. The van der Waals surface area contributed by atoms with Crippen LogP contribution in [-0.4, -0.2) is 16.6 Å². The van der Waals surface area contributed by atoms with Crippen molar-refractivity contribution >= 4 is 27.6 Å². The second-order valence-corrected chi connectivity index (χ2v) is 4.80. The fourth-order valence-electron chi connectivity index (χ4n) is 1.55. The lowest BCUT2D eigenvalue weighted by Gasteiger charge is -2.13. The Labute approximate surface area is 127 Å². The highest BCUT2D eigenvalue weighted by atomic mass is 79.9. The minimum absolute atomic E-state index is 0.0262. The number of anilines is 2. The van der Waals surface area contributed by atoms with Crippen LogP contribution in [-0.2, 0) is 6.18 Å². The molecule has 1 heterocycles. The maximum atomic E-state index is 12.8. The molecule has 0 fully saturated rings. The van der Waals surface area contributed by atoms with Gasteiger partial charge < -0.3 is 10.1 Å².